The molecule has 0 radical (unpaired) electrons. The smallest absolute Gasteiger partial charge is 0.354 e. The van der Waals surface area contributed by atoms with E-state index in [2.05, 4.69) is 15.0 Å². The van der Waals surface area contributed by atoms with Crippen LogP contribution in [0.25, 0.3) is 10.9 Å². The van der Waals surface area contributed by atoms with Crippen molar-refractivity contribution >= 4 is 41.5 Å². The van der Waals surface area contributed by atoms with Crippen LogP contribution in [0.5, 0.6) is 0 Å². The maximum Gasteiger partial charge on any atom is 0.417 e. The van der Waals surface area contributed by atoms with Gasteiger partial charge < -0.3 is 4.90 Å². The molecule has 0 bridgehead atoms. The first-order valence-corrected chi connectivity index (χ1v) is 8.42. The molecule has 0 saturated carbocycles. The number of para-hydroxylation sites is 1. The molecule has 28 heavy (non-hydrogen) atoms. The first-order valence-electron chi connectivity index (χ1n) is 8.42. The van der Waals surface area contributed by atoms with Crippen LogP contribution in [0.3, 0.4) is 0 Å². The van der Waals surface area contributed by atoms with E-state index < -0.39 is 11.7 Å². The molecule has 152 valence electrons. The number of aromatic nitrogens is 3. The molecule has 4 rings (SSSR count). The van der Waals surface area contributed by atoms with Gasteiger partial charge in [0.2, 0.25) is 0 Å². The first-order chi connectivity index (χ1) is 12.5. The van der Waals surface area contributed by atoms with E-state index in [0.717, 1.165) is 49.3 Å². The number of rotatable bonds is 3. The Kier molecular flexibility index (Phi) is 7.14. The Bertz CT molecular complexity index is 890. The van der Waals surface area contributed by atoms with Crippen molar-refractivity contribution in [1.82, 2.24) is 19.7 Å². The molecule has 3 heterocycles. The number of piperazine rings is 1. The van der Waals surface area contributed by atoms with Gasteiger partial charge in [-0.05, 0) is 18.2 Å². The van der Waals surface area contributed by atoms with Gasteiger partial charge >= 0.3 is 6.18 Å². The summed E-state index contributed by atoms with van der Waals surface area (Å²) < 4.78 is 39.9. The van der Waals surface area contributed by atoms with Gasteiger partial charge in [-0.25, -0.2) is 4.98 Å². The third-order valence-corrected chi connectivity index (χ3v) is 4.66. The lowest BCUT2D eigenvalue weighted by Gasteiger charge is -2.35. The number of nitrogens with zero attached hydrogens (tertiary/aromatic N) is 5. The molecule has 1 aromatic carbocycles. The van der Waals surface area contributed by atoms with Crippen molar-refractivity contribution in [3.8, 4) is 0 Å². The highest BCUT2D eigenvalue weighted by Gasteiger charge is 2.31. The van der Waals surface area contributed by atoms with Crippen LogP contribution in [-0.4, -0.2) is 45.8 Å². The van der Waals surface area contributed by atoms with Crippen LogP contribution in [0.4, 0.5) is 19.0 Å². The van der Waals surface area contributed by atoms with Crippen molar-refractivity contribution in [3.63, 3.8) is 0 Å². The molecule has 1 fully saturated rings. The van der Waals surface area contributed by atoms with Gasteiger partial charge in [-0.15, -0.1) is 24.8 Å². The van der Waals surface area contributed by atoms with Crippen LogP contribution in [0.2, 0.25) is 0 Å². The van der Waals surface area contributed by atoms with Crippen molar-refractivity contribution in [2.24, 2.45) is 0 Å². The summed E-state index contributed by atoms with van der Waals surface area (Å²) in [6, 6.07) is 10.6. The summed E-state index contributed by atoms with van der Waals surface area (Å²) in [4.78, 5) is 8.27. The van der Waals surface area contributed by atoms with Crippen LogP contribution in [0.15, 0.2) is 48.8 Å². The number of benzene rings is 1. The number of hydrogen-bond acceptors (Lipinski definition) is 4. The topological polar surface area (TPSA) is 37.2 Å². The highest BCUT2D eigenvalue weighted by Crippen LogP contribution is 2.29. The molecule has 0 unspecified atom stereocenters. The standard InChI is InChI=1S/C18H18F3N5.2ClH/c19-18(20,21)15-5-6-17(22-12-15)25-9-7-24(8-10-25)13-26-16-4-2-1-3-14(16)11-23-26;;/h1-6,11-12H,7-10,13H2;2*1H. The average molecular weight is 434 g/mol. The third kappa shape index (κ3) is 4.68. The van der Waals surface area contributed by atoms with E-state index in [0.29, 0.717) is 12.5 Å². The van der Waals surface area contributed by atoms with E-state index in [9.17, 15) is 13.2 Å². The maximum absolute atomic E-state index is 12.6. The van der Waals surface area contributed by atoms with Gasteiger partial charge in [0.05, 0.1) is 23.9 Å². The van der Waals surface area contributed by atoms with Crippen molar-refractivity contribution in [1.29, 1.82) is 0 Å². The summed E-state index contributed by atoms with van der Waals surface area (Å²) in [6.07, 6.45) is -1.59. The van der Waals surface area contributed by atoms with Gasteiger partial charge in [-0.1, -0.05) is 18.2 Å². The molecule has 1 saturated heterocycles. The molecule has 0 spiro atoms. The number of pyridine rings is 1. The maximum atomic E-state index is 12.6. The summed E-state index contributed by atoms with van der Waals surface area (Å²) in [6.45, 7) is 3.74. The molecule has 0 N–H and O–H groups in total. The van der Waals surface area contributed by atoms with Gasteiger partial charge in [-0.3, -0.25) is 9.58 Å². The molecule has 3 aromatic rings. The normalized spacial score (nSPS) is 15.2. The van der Waals surface area contributed by atoms with Gasteiger partial charge in [0.1, 0.15) is 5.82 Å². The van der Waals surface area contributed by atoms with Crippen molar-refractivity contribution in [2.75, 3.05) is 31.1 Å². The zero-order valence-corrected chi connectivity index (χ0v) is 16.5. The van der Waals surface area contributed by atoms with Crippen molar-refractivity contribution in [2.45, 2.75) is 12.8 Å². The van der Waals surface area contributed by atoms with Crippen LogP contribution in [0, 0.1) is 0 Å². The molecular weight excluding hydrogens is 414 g/mol. The van der Waals surface area contributed by atoms with Gasteiger partial charge in [0.25, 0.3) is 0 Å². The lowest BCUT2D eigenvalue weighted by atomic mass is 10.2. The molecular formula is C18H20Cl2F3N5. The Hall–Kier alpha value is -2.03. The molecule has 2 aromatic heterocycles. The Balaban J connectivity index is 0.00000140. The fourth-order valence-electron chi connectivity index (χ4n) is 3.19. The van der Waals surface area contributed by atoms with Crippen LogP contribution < -0.4 is 4.90 Å². The second-order valence-electron chi connectivity index (χ2n) is 6.35. The Morgan fingerprint density at radius 3 is 2.25 bits per heavy atom. The third-order valence-electron chi connectivity index (χ3n) is 4.66. The van der Waals surface area contributed by atoms with Crippen LogP contribution in [0.1, 0.15) is 5.56 Å². The van der Waals surface area contributed by atoms with E-state index in [1.807, 2.05) is 40.0 Å². The number of anilines is 1. The Morgan fingerprint density at radius 2 is 1.61 bits per heavy atom. The van der Waals surface area contributed by atoms with Crippen molar-refractivity contribution < 1.29 is 13.2 Å². The Labute approximate surface area is 173 Å². The second kappa shape index (κ2) is 8.98. The first kappa shape index (κ1) is 22.3. The summed E-state index contributed by atoms with van der Waals surface area (Å²) in [5, 5.41) is 5.55. The SMILES string of the molecule is Cl.Cl.FC(F)(F)c1ccc(N2CCN(Cn3ncc4ccccc43)CC2)nc1. The number of fused-ring (bicyclic) bond motifs is 1. The molecule has 10 heteroatoms. The largest absolute Gasteiger partial charge is 0.417 e. The lowest BCUT2D eigenvalue weighted by molar-refractivity contribution is -0.137. The van der Waals surface area contributed by atoms with Gasteiger partial charge in [0.15, 0.2) is 0 Å². The zero-order valence-electron chi connectivity index (χ0n) is 14.8. The highest BCUT2D eigenvalue weighted by atomic mass is 35.5. The van der Waals surface area contributed by atoms with E-state index in [-0.39, 0.29) is 24.8 Å². The minimum Gasteiger partial charge on any atom is -0.354 e. The van der Waals surface area contributed by atoms with Crippen molar-refractivity contribution in [3.05, 3.63) is 54.4 Å². The number of hydrogen-bond donors (Lipinski definition) is 0. The Morgan fingerprint density at radius 1 is 0.893 bits per heavy atom. The van der Waals surface area contributed by atoms with E-state index >= 15 is 0 Å². The minimum atomic E-state index is -4.35. The summed E-state index contributed by atoms with van der Waals surface area (Å²) in [5.41, 5.74) is 0.379. The number of alkyl halides is 3. The minimum absolute atomic E-state index is 0. The lowest BCUT2D eigenvalue weighted by Crippen LogP contribution is -2.47. The fraction of sp³-hybridized carbons (Fsp3) is 0.333. The molecule has 5 nitrogen and oxygen atoms in total. The van der Waals surface area contributed by atoms with E-state index in [4.69, 9.17) is 0 Å². The van der Waals surface area contributed by atoms with Gasteiger partial charge in [-0.2, -0.15) is 18.3 Å². The van der Waals surface area contributed by atoms with Crippen LogP contribution >= 0.6 is 24.8 Å². The van der Waals surface area contributed by atoms with Crippen LogP contribution in [-0.2, 0) is 12.8 Å². The molecule has 1 aliphatic heterocycles. The summed E-state index contributed by atoms with van der Waals surface area (Å²) >= 11 is 0. The van der Waals surface area contributed by atoms with E-state index in [1.54, 1.807) is 0 Å². The molecule has 0 atom stereocenters. The van der Waals surface area contributed by atoms with Gasteiger partial charge in [0, 0.05) is 37.8 Å². The monoisotopic (exact) mass is 433 g/mol. The number of halogens is 5. The predicted octanol–water partition coefficient (Wildman–Crippen LogP) is 4.07. The van der Waals surface area contributed by atoms with E-state index in [1.165, 1.54) is 6.07 Å². The summed E-state index contributed by atoms with van der Waals surface area (Å²) in [5.74, 6) is 0.585. The quantitative estimate of drug-likeness (QED) is 0.623. The fourth-order valence-corrected chi connectivity index (χ4v) is 3.19. The summed E-state index contributed by atoms with van der Waals surface area (Å²) in [7, 11) is 0. The molecule has 0 aliphatic carbocycles. The highest BCUT2D eigenvalue weighted by molar-refractivity contribution is 5.85. The molecule has 0 amide bonds. The predicted molar refractivity (Wildman–Crippen MR) is 107 cm³/mol. The zero-order chi connectivity index (χ0) is 18.1. The molecule has 1 aliphatic rings. The second-order valence-corrected chi connectivity index (χ2v) is 6.35. The average Bonchev–Trinajstić information content (AvgIpc) is 3.05.